The Kier molecular flexibility index (Phi) is 6.01. The van der Waals surface area contributed by atoms with Gasteiger partial charge in [0.1, 0.15) is 0 Å². The summed E-state index contributed by atoms with van der Waals surface area (Å²) in [6.45, 7) is 7.39. The molecule has 0 radical (unpaired) electrons. The number of rotatable bonds is 5. The van der Waals surface area contributed by atoms with Crippen LogP contribution in [0.1, 0.15) is 41.7 Å². The largest absolute Gasteiger partial charge is 0.393 e. The molecule has 1 heterocycles. The summed E-state index contributed by atoms with van der Waals surface area (Å²) >= 11 is 1.64. The predicted octanol–water partition coefficient (Wildman–Crippen LogP) is 3.09. The van der Waals surface area contributed by atoms with E-state index in [2.05, 4.69) is 26.1 Å². The second-order valence-electron chi connectivity index (χ2n) is 6.59. The van der Waals surface area contributed by atoms with Crippen LogP contribution in [-0.2, 0) is 4.79 Å². The Bertz CT molecular complexity index is 527. The molecular formula is C17H28N2O2S. The molecule has 0 saturated heterocycles. The Morgan fingerprint density at radius 3 is 2.55 bits per heavy atom. The highest BCUT2D eigenvalue weighted by Gasteiger charge is 2.24. The summed E-state index contributed by atoms with van der Waals surface area (Å²) in [5.41, 5.74) is 2.43. The van der Waals surface area contributed by atoms with E-state index in [4.69, 9.17) is 0 Å². The fourth-order valence-corrected chi connectivity index (χ4v) is 4.22. The first-order chi connectivity index (χ1) is 10.4. The van der Waals surface area contributed by atoms with E-state index in [9.17, 15) is 9.90 Å². The maximum atomic E-state index is 12.2. The molecule has 1 aromatic rings. The Balaban J connectivity index is 1.84. The van der Waals surface area contributed by atoms with E-state index in [-0.39, 0.29) is 12.0 Å². The van der Waals surface area contributed by atoms with Gasteiger partial charge in [0.15, 0.2) is 0 Å². The Hall–Kier alpha value is -0.910. The lowest BCUT2D eigenvalue weighted by Gasteiger charge is -2.30. The van der Waals surface area contributed by atoms with Gasteiger partial charge in [0.2, 0.25) is 5.91 Å². The molecule has 124 valence electrons. The van der Waals surface area contributed by atoms with E-state index < -0.39 is 0 Å². The smallest absolute Gasteiger partial charge is 0.239 e. The molecule has 0 aromatic carbocycles. The number of carbonyl (C=O) groups excluding carboxylic acids is 1. The van der Waals surface area contributed by atoms with Gasteiger partial charge < -0.3 is 10.4 Å². The summed E-state index contributed by atoms with van der Waals surface area (Å²) in [5.74, 6) is 0.330. The van der Waals surface area contributed by atoms with Crippen LogP contribution in [0.3, 0.4) is 0 Å². The second-order valence-corrected chi connectivity index (χ2v) is 7.82. The maximum absolute atomic E-state index is 12.2. The van der Waals surface area contributed by atoms with E-state index >= 15 is 0 Å². The number of aliphatic hydroxyl groups is 1. The van der Waals surface area contributed by atoms with E-state index in [1.165, 1.54) is 22.4 Å². The second kappa shape index (κ2) is 7.57. The number of likely N-dealkylation sites (N-methyl/N-ethyl adjacent to an activating group) is 1. The molecule has 2 N–H and O–H groups in total. The summed E-state index contributed by atoms with van der Waals surface area (Å²) in [4.78, 5) is 15.5. The highest BCUT2D eigenvalue weighted by Crippen LogP contribution is 2.31. The third-order valence-corrected chi connectivity index (χ3v) is 5.99. The molecule has 2 atom stereocenters. The number of anilines is 1. The lowest BCUT2D eigenvalue weighted by molar-refractivity contribution is -0.117. The zero-order valence-electron chi connectivity index (χ0n) is 14.1. The van der Waals surface area contributed by atoms with Crippen LogP contribution in [0, 0.1) is 26.7 Å². The van der Waals surface area contributed by atoms with Gasteiger partial charge in [0.05, 0.1) is 17.6 Å². The Labute approximate surface area is 137 Å². The number of aliphatic hydroxyl groups excluding tert-OH is 1. The zero-order valence-corrected chi connectivity index (χ0v) is 14.9. The molecule has 1 aromatic heterocycles. The van der Waals surface area contributed by atoms with Crippen molar-refractivity contribution in [1.82, 2.24) is 4.90 Å². The topological polar surface area (TPSA) is 52.6 Å². The normalized spacial score (nSPS) is 22.1. The van der Waals surface area contributed by atoms with Gasteiger partial charge in [-0.1, -0.05) is 12.8 Å². The first kappa shape index (κ1) is 17.4. The van der Waals surface area contributed by atoms with Crippen molar-refractivity contribution in [2.45, 2.75) is 52.6 Å². The Morgan fingerprint density at radius 2 is 1.95 bits per heavy atom. The number of thiophene rings is 1. The highest BCUT2D eigenvalue weighted by molar-refractivity contribution is 7.16. The maximum Gasteiger partial charge on any atom is 0.239 e. The summed E-state index contributed by atoms with van der Waals surface area (Å²) < 4.78 is 0. The number of amides is 1. The predicted molar refractivity (Wildman–Crippen MR) is 92.6 cm³/mol. The molecule has 1 amide bonds. The number of hydrogen-bond acceptors (Lipinski definition) is 4. The van der Waals surface area contributed by atoms with Crippen molar-refractivity contribution in [2.75, 3.05) is 25.5 Å². The SMILES string of the molecule is Cc1sc(NC(=O)CN(C)CC2CCCCC2O)c(C)c1C. The van der Waals surface area contributed by atoms with Crippen LogP contribution in [0.15, 0.2) is 0 Å². The van der Waals surface area contributed by atoms with Crippen molar-refractivity contribution < 1.29 is 9.90 Å². The fraction of sp³-hybridized carbons (Fsp3) is 0.706. The first-order valence-corrected chi connectivity index (χ1v) is 8.93. The standard InChI is InChI=1S/C17H28N2O2S/c1-11-12(2)17(22-13(11)3)18-16(21)10-19(4)9-14-7-5-6-8-15(14)20/h14-15,20H,5-10H2,1-4H3,(H,18,21). The third-order valence-electron chi connectivity index (χ3n) is 4.77. The molecule has 1 fully saturated rings. The van der Waals surface area contributed by atoms with Gasteiger partial charge in [-0.3, -0.25) is 9.69 Å². The van der Waals surface area contributed by atoms with Crippen LogP contribution >= 0.6 is 11.3 Å². The van der Waals surface area contributed by atoms with Gasteiger partial charge in [0, 0.05) is 11.4 Å². The van der Waals surface area contributed by atoms with Crippen LogP contribution in [0.5, 0.6) is 0 Å². The molecule has 1 aliphatic rings. The molecule has 0 spiro atoms. The van der Waals surface area contributed by atoms with Gasteiger partial charge in [-0.25, -0.2) is 0 Å². The molecule has 4 nitrogen and oxygen atoms in total. The average Bonchev–Trinajstić information content (AvgIpc) is 2.68. The van der Waals surface area contributed by atoms with Crippen LogP contribution in [0.2, 0.25) is 0 Å². The molecular weight excluding hydrogens is 296 g/mol. The highest BCUT2D eigenvalue weighted by atomic mass is 32.1. The minimum absolute atomic E-state index is 0.0251. The van der Waals surface area contributed by atoms with Crippen LogP contribution in [-0.4, -0.2) is 42.2 Å². The van der Waals surface area contributed by atoms with Crippen molar-refractivity contribution in [1.29, 1.82) is 0 Å². The van der Waals surface area contributed by atoms with Gasteiger partial charge in [-0.2, -0.15) is 0 Å². The number of nitrogens with zero attached hydrogens (tertiary/aromatic N) is 1. The minimum atomic E-state index is -0.205. The van der Waals surface area contributed by atoms with Crippen molar-refractivity contribution >= 4 is 22.2 Å². The minimum Gasteiger partial charge on any atom is -0.393 e. The fourth-order valence-electron chi connectivity index (χ4n) is 3.14. The molecule has 2 rings (SSSR count). The van der Waals surface area contributed by atoms with Gasteiger partial charge in [-0.15, -0.1) is 11.3 Å². The number of aryl methyl sites for hydroxylation is 1. The van der Waals surface area contributed by atoms with Crippen LogP contribution < -0.4 is 5.32 Å². The van der Waals surface area contributed by atoms with E-state index in [1.807, 2.05) is 11.9 Å². The molecule has 0 bridgehead atoms. The molecule has 2 unspecified atom stereocenters. The molecule has 0 aliphatic heterocycles. The average molecular weight is 324 g/mol. The number of hydrogen-bond donors (Lipinski definition) is 2. The van der Waals surface area contributed by atoms with Gasteiger partial charge in [-0.05, 0) is 57.7 Å². The van der Waals surface area contributed by atoms with Gasteiger partial charge >= 0.3 is 0 Å². The zero-order chi connectivity index (χ0) is 16.3. The first-order valence-electron chi connectivity index (χ1n) is 8.11. The number of carbonyl (C=O) groups is 1. The molecule has 5 heteroatoms. The van der Waals surface area contributed by atoms with Crippen molar-refractivity contribution in [3.8, 4) is 0 Å². The Morgan fingerprint density at radius 1 is 1.27 bits per heavy atom. The summed E-state index contributed by atoms with van der Waals surface area (Å²) in [6, 6.07) is 0. The van der Waals surface area contributed by atoms with Crippen molar-refractivity contribution in [3.63, 3.8) is 0 Å². The lowest BCUT2D eigenvalue weighted by Crippen LogP contribution is -2.38. The number of nitrogens with one attached hydrogen (secondary N) is 1. The summed E-state index contributed by atoms with van der Waals surface area (Å²) in [6.07, 6.45) is 4.07. The van der Waals surface area contributed by atoms with Gasteiger partial charge in [0.25, 0.3) is 0 Å². The monoisotopic (exact) mass is 324 g/mol. The molecule has 22 heavy (non-hydrogen) atoms. The van der Waals surface area contributed by atoms with E-state index in [1.54, 1.807) is 11.3 Å². The van der Waals surface area contributed by atoms with Crippen molar-refractivity contribution in [3.05, 3.63) is 16.0 Å². The molecule has 1 saturated carbocycles. The lowest BCUT2D eigenvalue weighted by atomic mass is 9.86. The van der Waals surface area contributed by atoms with Crippen molar-refractivity contribution in [2.24, 2.45) is 5.92 Å². The summed E-state index contributed by atoms with van der Waals surface area (Å²) in [7, 11) is 1.96. The molecule has 1 aliphatic carbocycles. The quantitative estimate of drug-likeness (QED) is 0.875. The summed E-state index contributed by atoms with van der Waals surface area (Å²) in [5, 5.41) is 14.0. The van der Waals surface area contributed by atoms with Crippen LogP contribution in [0.4, 0.5) is 5.00 Å². The van der Waals surface area contributed by atoms with Crippen LogP contribution in [0.25, 0.3) is 0 Å². The van der Waals surface area contributed by atoms with E-state index in [0.29, 0.717) is 12.5 Å². The van der Waals surface area contributed by atoms with E-state index in [0.717, 1.165) is 30.8 Å². The third kappa shape index (κ3) is 4.31.